The first-order chi connectivity index (χ1) is 7.15. The molecule has 0 unspecified atom stereocenters. The second-order valence-electron chi connectivity index (χ2n) is 4.13. The minimum Gasteiger partial charge on any atom is -0.324 e. The lowest BCUT2D eigenvalue weighted by Gasteiger charge is -2.13. The van der Waals surface area contributed by atoms with Gasteiger partial charge in [0.1, 0.15) is 5.82 Å². The van der Waals surface area contributed by atoms with Crippen molar-refractivity contribution in [3.63, 3.8) is 0 Å². The van der Waals surface area contributed by atoms with Crippen molar-refractivity contribution >= 4 is 0 Å². The molecule has 0 aliphatic carbocycles. The third-order valence-corrected chi connectivity index (χ3v) is 2.67. The molecule has 1 aromatic rings. The van der Waals surface area contributed by atoms with E-state index in [2.05, 4.69) is 6.92 Å². The van der Waals surface area contributed by atoms with Crippen LogP contribution in [0, 0.1) is 12.7 Å². The molecule has 0 aliphatic rings. The molecule has 0 amide bonds. The molecule has 0 spiro atoms. The Bertz CT molecular complexity index is 309. The predicted octanol–water partition coefficient (Wildman–Crippen LogP) is 3.71. The van der Waals surface area contributed by atoms with Gasteiger partial charge < -0.3 is 5.73 Å². The fraction of sp³-hybridized carbons (Fsp3) is 0.538. The Balaban J connectivity index is 2.64. The quantitative estimate of drug-likeness (QED) is 0.735. The lowest BCUT2D eigenvalue weighted by molar-refractivity contribution is 0.538. The van der Waals surface area contributed by atoms with Gasteiger partial charge in [-0.25, -0.2) is 4.39 Å². The van der Waals surface area contributed by atoms with Crippen LogP contribution in [0.3, 0.4) is 0 Å². The van der Waals surface area contributed by atoms with E-state index < -0.39 is 0 Å². The number of hydrogen-bond donors (Lipinski definition) is 1. The molecular formula is C13H20FN. The van der Waals surface area contributed by atoms with E-state index in [0.717, 1.165) is 18.4 Å². The molecule has 2 N–H and O–H groups in total. The molecule has 0 fully saturated rings. The Labute approximate surface area is 91.5 Å². The molecule has 0 aromatic heterocycles. The lowest BCUT2D eigenvalue weighted by Crippen LogP contribution is -2.12. The SMILES string of the molecule is CCCCC[C@H](N)c1cc(C)ccc1F. The highest BCUT2D eigenvalue weighted by Crippen LogP contribution is 2.21. The summed E-state index contributed by atoms with van der Waals surface area (Å²) in [4.78, 5) is 0. The van der Waals surface area contributed by atoms with Crippen LogP contribution in [0.5, 0.6) is 0 Å². The summed E-state index contributed by atoms with van der Waals surface area (Å²) in [6.45, 7) is 4.11. The maximum Gasteiger partial charge on any atom is 0.127 e. The smallest absolute Gasteiger partial charge is 0.127 e. The van der Waals surface area contributed by atoms with Gasteiger partial charge in [0.2, 0.25) is 0 Å². The molecule has 1 aromatic carbocycles. The van der Waals surface area contributed by atoms with Crippen LogP contribution in [-0.4, -0.2) is 0 Å². The maximum atomic E-state index is 13.4. The van der Waals surface area contributed by atoms with Crippen LogP contribution in [0.25, 0.3) is 0 Å². The van der Waals surface area contributed by atoms with E-state index >= 15 is 0 Å². The summed E-state index contributed by atoms with van der Waals surface area (Å²) >= 11 is 0. The van der Waals surface area contributed by atoms with Gasteiger partial charge in [0.05, 0.1) is 0 Å². The van der Waals surface area contributed by atoms with Gasteiger partial charge in [0.25, 0.3) is 0 Å². The van der Waals surface area contributed by atoms with E-state index in [0.29, 0.717) is 5.56 Å². The van der Waals surface area contributed by atoms with E-state index in [1.165, 1.54) is 18.9 Å². The largest absolute Gasteiger partial charge is 0.324 e. The predicted molar refractivity (Wildman–Crippen MR) is 62.2 cm³/mol. The zero-order chi connectivity index (χ0) is 11.3. The van der Waals surface area contributed by atoms with E-state index in [4.69, 9.17) is 5.73 Å². The Morgan fingerprint density at radius 3 is 2.73 bits per heavy atom. The molecule has 1 atom stereocenters. The van der Waals surface area contributed by atoms with Gasteiger partial charge in [-0.3, -0.25) is 0 Å². The van der Waals surface area contributed by atoms with Crippen LogP contribution in [0.1, 0.15) is 49.8 Å². The maximum absolute atomic E-state index is 13.4. The van der Waals surface area contributed by atoms with Gasteiger partial charge in [-0.05, 0) is 19.4 Å². The first kappa shape index (κ1) is 12.2. The summed E-state index contributed by atoms with van der Waals surface area (Å²) in [6, 6.07) is 4.98. The molecule has 0 aliphatic heterocycles. The number of aryl methyl sites for hydroxylation is 1. The van der Waals surface area contributed by atoms with E-state index in [9.17, 15) is 4.39 Å². The van der Waals surface area contributed by atoms with Crippen LogP contribution in [0.2, 0.25) is 0 Å². The van der Waals surface area contributed by atoms with Gasteiger partial charge in [-0.15, -0.1) is 0 Å². The van der Waals surface area contributed by atoms with E-state index in [1.807, 2.05) is 13.0 Å². The molecule has 1 rings (SSSR count). The fourth-order valence-electron chi connectivity index (χ4n) is 1.72. The second-order valence-corrected chi connectivity index (χ2v) is 4.13. The fourth-order valence-corrected chi connectivity index (χ4v) is 1.72. The molecule has 0 radical (unpaired) electrons. The number of halogens is 1. The molecule has 2 heteroatoms. The molecule has 15 heavy (non-hydrogen) atoms. The first-order valence-corrected chi connectivity index (χ1v) is 5.66. The Morgan fingerprint density at radius 1 is 1.33 bits per heavy atom. The van der Waals surface area contributed by atoms with Crippen LogP contribution in [0.4, 0.5) is 4.39 Å². The summed E-state index contributed by atoms with van der Waals surface area (Å²) in [5, 5.41) is 0. The standard InChI is InChI=1S/C13H20FN/c1-3-4-5-6-13(15)11-9-10(2)7-8-12(11)14/h7-9,13H,3-6,15H2,1-2H3/t13-/m0/s1. The van der Waals surface area contributed by atoms with Crippen LogP contribution in [-0.2, 0) is 0 Å². The van der Waals surface area contributed by atoms with Crippen molar-refractivity contribution in [1.82, 2.24) is 0 Å². The van der Waals surface area contributed by atoms with Crippen LogP contribution in [0.15, 0.2) is 18.2 Å². The monoisotopic (exact) mass is 209 g/mol. The van der Waals surface area contributed by atoms with Gasteiger partial charge in [0, 0.05) is 11.6 Å². The summed E-state index contributed by atoms with van der Waals surface area (Å²) in [6.07, 6.45) is 4.28. The van der Waals surface area contributed by atoms with Crippen LogP contribution < -0.4 is 5.73 Å². The lowest BCUT2D eigenvalue weighted by atomic mass is 9.99. The minimum absolute atomic E-state index is 0.156. The highest BCUT2D eigenvalue weighted by Gasteiger charge is 2.10. The molecule has 0 heterocycles. The van der Waals surface area contributed by atoms with E-state index in [-0.39, 0.29) is 11.9 Å². The number of unbranched alkanes of at least 4 members (excludes halogenated alkanes) is 2. The average Bonchev–Trinajstić information content (AvgIpc) is 2.22. The van der Waals surface area contributed by atoms with Crippen molar-refractivity contribution in [2.24, 2.45) is 5.73 Å². The Morgan fingerprint density at radius 2 is 2.07 bits per heavy atom. The third kappa shape index (κ3) is 3.63. The zero-order valence-corrected chi connectivity index (χ0v) is 9.59. The summed E-state index contributed by atoms with van der Waals surface area (Å²) in [5.41, 5.74) is 7.69. The molecule has 84 valence electrons. The van der Waals surface area contributed by atoms with Crippen LogP contribution >= 0.6 is 0 Å². The van der Waals surface area contributed by atoms with Crippen molar-refractivity contribution in [2.45, 2.75) is 45.6 Å². The molecule has 1 nitrogen and oxygen atoms in total. The average molecular weight is 209 g/mol. The van der Waals surface area contributed by atoms with Gasteiger partial charge in [0.15, 0.2) is 0 Å². The summed E-state index contributed by atoms with van der Waals surface area (Å²) in [5.74, 6) is -0.176. The highest BCUT2D eigenvalue weighted by molar-refractivity contribution is 5.26. The van der Waals surface area contributed by atoms with E-state index in [1.54, 1.807) is 6.07 Å². The number of rotatable bonds is 5. The minimum atomic E-state index is -0.176. The summed E-state index contributed by atoms with van der Waals surface area (Å²) in [7, 11) is 0. The highest BCUT2D eigenvalue weighted by atomic mass is 19.1. The van der Waals surface area contributed by atoms with Crippen molar-refractivity contribution in [3.8, 4) is 0 Å². The Kier molecular flexibility index (Phi) is 4.76. The normalized spacial score (nSPS) is 12.8. The number of benzene rings is 1. The molecule has 0 saturated heterocycles. The Hall–Kier alpha value is -0.890. The third-order valence-electron chi connectivity index (χ3n) is 2.67. The van der Waals surface area contributed by atoms with Crippen molar-refractivity contribution in [2.75, 3.05) is 0 Å². The van der Waals surface area contributed by atoms with Gasteiger partial charge in [-0.2, -0.15) is 0 Å². The van der Waals surface area contributed by atoms with Gasteiger partial charge in [-0.1, -0.05) is 43.9 Å². The summed E-state index contributed by atoms with van der Waals surface area (Å²) < 4.78 is 13.4. The second kappa shape index (κ2) is 5.86. The molecule has 0 bridgehead atoms. The van der Waals surface area contributed by atoms with Gasteiger partial charge >= 0.3 is 0 Å². The number of hydrogen-bond acceptors (Lipinski definition) is 1. The number of nitrogens with two attached hydrogens (primary N) is 1. The zero-order valence-electron chi connectivity index (χ0n) is 9.59. The van der Waals surface area contributed by atoms with Crippen molar-refractivity contribution < 1.29 is 4.39 Å². The topological polar surface area (TPSA) is 26.0 Å². The molecule has 0 saturated carbocycles. The molecular weight excluding hydrogens is 189 g/mol. The first-order valence-electron chi connectivity index (χ1n) is 5.66. The van der Waals surface area contributed by atoms with Crippen molar-refractivity contribution in [1.29, 1.82) is 0 Å². The van der Waals surface area contributed by atoms with Crippen molar-refractivity contribution in [3.05, 3.63) is 35.1 Å².